The van der Waals surface area contributed by atoms with Gasteiger partial charge < -0.3 is 0 Å². The lowest BCUT2D eigenvalue weighted by Gasteiger charge is -1.94. The van der Waals surface area contributed by atoms with Crippen molar-refractivity contribution >= 4 is 0 Å². The fourth-order valence-corrected chi connectivity index (χ4v) is 1.86. The summed E-state index contributed by atoms with van der Waals surface area (Å²) in [6, 6.07) is 20.6. The Labute approximate surface area is 100 Å². The van der Waals surface area contributed by atoms with E-state index in [0.717, 1.165) is 0 Å². The first kappa shape index (κ1) is 9.85. The van der Waals surface area contributed by atoms with Gasteiger partial charge in [0.05, 0.1) is 0 Å². The van der Waals surface area contributed by atoms with Gasteiger partial charge >= 0.3 is 0 Å². The van der Waals surface area contributed by atoms with Gasteiger partial charge in [0.1, 0.15) is 23.8 Å². The van der Waals surface area contributed by atoms with E-state index in [0.29, 0.717) is 0 Å². The van der Waals surface area contributed by atoms with Gasteiger partial charge in [0, 0.05) is 0 Å². The second-order valence-corrected chi connectivity index (χ2v) is 3.90. The molecule has 0 saturated heterocycles. The monoisotopic (exact) mass is 221 g/mol. The van der Waals surface area contributed by atoms with Gasteiger partial charge in [-0.2, -0.15) is 0 Å². The van der Waals surface area contributed by atoms with Crippen LogP contribution in [0.15, 0.2) is 79.4 Å². The molecule has 0 atom stereocenters. The van der Waals surface area contributed by atoms with Crippen LogP contribution in [0, 0.1) is 0 Å². The van der Waals surface area contributed by atoms with E-state index in [-0.39, 0.29) is 0 Å². The number of aromatic nitrogens is 2. The molecule has 3 rings (SSSR count). The maximum atomic E-state index is 2.10. The SMILES string of the molecule is c1ccc(-n2cc[n+](-c3ccccc3)c2)cc1. The van der Waals surface area contributed by atoms with E-state index in [1.54, 1.807) is 0 Å². The van der Waals surface area contributed by atoms with Crippen molar-refractivity contribution in [2.75, 3.05) is 0 Å². The average molecular weight is 221 g/mol. The van der Waals surface area contributed by atoms with Crippen molar-refractivity contribution in [3.05, 3.63) is 79.4 Å². The summed E-state index contributed by atoms with van der Waals surface area (Å²) in [6.07, 6.45) is 6.19. The third-order valence-electron chi connectivity index (χ3n) is 2.75. The number of rotatable bonds is 2. The normalized spacial score (nSPS) is 10.4. The topological polar surface area (TPSA) is 8.81 Å². The summed E-state index contributed by atoms with van der Waals surface area (Å²) in [5.41, 5.74) is 2.34. The summed E-state index contributed by atoms with van der Waals surface area (Å²) < 4.78 is 4.21. The molecule has 0 amide bonds. The minimum absolute atomic E-state index is 1.17. The van der Waals surface area contributed by atoms with Gasteiger partial charge in [-0.15, -0.1) is 0 Å². The van der Waals surface area contributed by atoms with Gasteiger partial charge in [0.2, 0.25) is 0 Å². The standard InChI is InChI=1S/C15H13N2/c1-3-7-14(8-4-1)16-11-12-17(13-16)15-9-5-2-6-10-15/h1-13H/q+1. The van der Waals surface area contributed by atoms with Crippen molar-refractivity contribution in [3.8, 4) is 11.4 Å². The zero-order valence-electron chi connectivity index (χ0n) is 9.40. The summed E-state index contributed by atoms with van der Waals surface area (Å²) in [6.45, 7) is 0. The van der Waals surface area contributed by atoms with E-state index in [1.165, 1.54) is 11.4 Å². The van der Waals surface area contributed by atoms with Crippen LogP contribution in [0.2, 0.25) is 0 Å². The van der Waals surface area contributed by atoms with Crippen molar-refractivity contribution in [2.45, 2.75) is 0 Å². The Balaban J connectivity index is 1.99. The largest absolute Gasteiger partial charge is 0.254 e. The number of hydrogen-bond acceptors (Lipinski definition) is 0. The summed E-state index contributed by atoms with van der Waals surface area (Å²) in [7, 11) is 0. The number of imidazole rings is 1. The van der Waals surface area contributed by atoms with E-state index in [1.807, 2.05) is 36.4 Å². The van der Waals surface area contributed by atoms with E-state index in [9.17, 15) is 0 Å². The maximum Gasteiger partial charge on any atom is 0.254 e. The van der Waals surface area contributed by atoms with Crippen LogP contribution < -0.4 is 4.57 Å². The van der Waals surface area contributed by atoms with E-state index in [2.05, 4.69) is 52.1 Å². The van der Waals surface area contributed by atoms with Gasteiger partial charge in [-0.05, 0) is 24.3 Å². The first-order valence-electron chi connectivity index (χ1n) is 5.63. The number of nitrogens with zero attached hydrogens (tertiary/aromatic N) is 2. The molecule has 2 aromatic carbocycles. The zero-order valence-corrected chi connectivity index (χ0v) is 9.40. The van der Waals surface area contributed by atoms with Gasteiger partial charge in [-0.3, -0.25) is 0 Å². The van der Waals surface area contributed by atoms with Crippen molar-refractivity contribution in [1.29, 1.82) is 0 Å². The van der Waals surface area contributed by atoms with Crippen LogP contribution in [0.1, 0.15) is 0 Å². The molecule has 0 radical (unpaired) electrons. The fourth-order valence-electron chi connectivity index (χ4n) is 1.86. The first-order chi connectivity index (χ1) is 8.43. The minimum atomic E-state index is 1.17. The van der Waals surface area contributed by atoms with Crippen LogP contribution in [0.4, 0.5) is 0 Å². The Kier molecular flexibility index (Phi) is 2.47. The van der Waals surface area contributed by atoms with Gasteiger partial charge in [-0.1, -0.05) is 36.4 Å². The lowest BCUT2D eigenvalue weighted by molar-refractivity contribution is -0.594. The van der Waals surface area contributed by atoms with Crippen LogP contribution in [0.5, 0.6) is 0 Å². The third-order valence-corrected chi connectivity index (χ3v) is 2.75. The fraction of sp³-hybridized carbons (Fsp3) is 0. The predicted octanol–water partition coefficient (Wildman–Crippen LogP) is 2.75. The van der Waals surface area contributed by atoms with Crippen LogP contribution >= 0.6 is 0 Å². The van der Waals surface area contributed by atoms with Gasteiger partial charge in [0.25, 0.3) is 6.33 Å². The molecule has 0 aliphatic heterocycles. The molecule has 0 saturated carbocycles. The van der Waals surface area contributed by atoms with Crippen LogP contribution in [0.25, 0.3) is 11.4 Å². The molecule has 0 aliphatic carbocycles. The summed E-state index contributed by atoms with van der Waals surface area (Å²) in [5.74, 6) is 0. The van der Waals surface area contributed by atoms with E-state index < -0.39 is 0 Å². The molecule has 0 fully saturated rings. The molecule has 17 heavy (non-hydrogen) atoms. The Bertz CT molecular complexity index is 543. The number of hydrogen-bond donors (Lipinski definition) is 0. The smallest absolute Gasteiger partial charge is 0.202 e. The first-order valence-corrected chi connectivity index (χ1v) is 5.63. The second kappa shape index (κ2) is 4.26. The highest BCUT2D eigenvalue weighted by Gasteiger charge is 2.06. The molecule has 0 bridgehead atoms. The van der Waals surface area contributed by atoms with Crippen molar-refractivity contribution in [2.24, 2.45) is 0 Å². The predicted molar refractivity (Wildman–Crippen MR) is 67.3 cm³/mol. The molecule has 0 aliphatic rings. The zero-order chi connectivity index (χ0) is 11.5. The van der Waals surface area contributed by atoms with Crippen LogP contribution in [0.3, 0.4) is 0 Å². The lowest BCUT2D eigenvalue weighted by atomic mass is 10.3. The lowest BCUT2D eigenvalue weighted by Crippen LogP contribution is -2.27. The van der Waals surface area contributed by atoms with Gasteiger partial charge in [0.15, 0.2) is 0 Å². The number of para-hydroxylation sites is 2. The third kappa shape index (κ3) is 1.97. The molecule has 2 heteroatoms. The summed E-state index contributed by atoms with van der Waals surface area (Å²) in [4.78, 5) is 0. The van der Waals surface area contributed by atoms with E-state index >= 15 is 0 Å². The Morgan fingerprint density at radius 2 is 1.41 bits per heavy atom. The second-order valence-electron chi connectivity index (χ2n) is 3.90. The average Bonchev–Trinajstić information content (AvgIpc) is 2.90. The Hall–Kier alpha value is -2.35. The Morgan fingerprint density at radius 3 is 2.12 bits per heavy atom. The molecule has 82 valence electrons. The molecule has 1 aromatic heterocycles. The molecule has 0 unspecified atom stereocenters. The minimum Gasteiger partial charge on any atom is -0.202 e. The maximum absolute atomic E-state index is 2.10. The highest BCUT2D eigenvalue weighted by molar-refractivity contribution is 5.30. The molecule has 0 spiro atoms. The van der Waals surface area contributed by atoms with Crippen LogP contribution in [-0.4, -0.2) is 4.57 Å². The molecule has 0 N–H and O–H groups in total. The van der Waals surface area contributed by atoms with Gasteiger partial charge in [-0.25, -0.2) is 9.13 Å². The Morgan fingerprint density at radius 1 is 0.765 bits per heavy atom. The van der Waals surface area contributed by atoms with Crippen molar-refractivity contribution < 1.29 is 4.57 Å². The van der Waals surface area contributed by atoms with Crippen molar-refractivity contribution in [3.63, 3.8) is 0 Å². The molecule has 3 aromatic rings. The molecular formula is C15H13N2+. The summed E-state index contributed by atoms with van der Waals surface area (Å²) in [5, 5.41) is 0. The quantitative estimate of drug-likeness (QED) is 0.588. The number of benzene rings is 2. The summed E-state index contributed by atoms with van der Waals surface area (Å²) >= 11 is 0. The van der Waals surface area contributed by atoms with E-state index in [4.69, 9.17) is 0 Å². The molecule has 2 nitrogen and oxygen atoms in total. The van der Waals surface area contributed by atoms with Crippen molar-refractivity contribution in [1.82, 2.24) is 4.57 Å². The highest BCUT2D eigenvalue weighted by atomic mass is 15.1. The molecule has 1 heterocycles. The highest BCUT2D eigenvalue weighted by Crippen LogP contribution is 2.06. The van der Waals surface area contributed by atoms with Crippen LogP contribution in [-0.2, 0) is 0 Å². The molecular weight excluding hydrogens is 208 g/mol.